The minimum atomic E-state index is -3.93. The molecule has 0 radical (unpaired) electrons. The van der Waals surface area contributed by atoms with E-state index in [2.05, 4.69) is 11.2 Å². The predicted molar refractivity (Wildman–Crippen MR) is 73.2 cm³/mol. The Bertz CT molecular complexity index is 635. The van der Waals surface area contributed by atoms with Gasteiger partial charge in [0.1, 0.15) is 0 Å². The van der Waals surface area contributed by atoms with Gasteiger partial charge in [-0.05, 0) is 24.6 Å². The number of benzene rings is 1. The first-order valence-corrected chi connectivity index (χ1v) is 7.30. The molecule has 0 bridgehead atoms. The van der Waals surface area contributed by atoms with Crippen LogP contribution in [0.15, 0.2) is 23.1 Å². The average Bonchev–Trinajstić information content (AvgIpc) is 2.33. The van der Waals surface area contributed by atoms with Crippen molar-refractivity contribution in [2.24, 2.45) is 5.14 Å². The zero-order chi connectivity index (χ0) is 14.6. The van der Waals surface area contributed by atoms with Crippen molar-refractivity contribution >= 4 is 27.5 Å². The van der Waals surface area contributed by atoms with E-state index in [0.29, 0.717) is 6.42 Å². The number of rotatable bonds is 4. The summed E-state index contributed by atoms with van der Waals surface area (Å²) >= 11 is 5.76. The van der Waals surface area contributed by atoms with E-state index in [-0.39, 0.29) is 15.5 Å². The van der Waals surface area contributed by atoms with Crippen LogP contribution in [0.3, 0.4) is 0 Å². The molecule has 0 saturated heterocycles. The van der Waals surface area contributed by atoms with Gasteiger partial charge in [-0.2, -0.15) is 0 Å². The number of nitrogens with two attached hydrogens (primary N) is 1. The van der Waals surface area contributed by atoms with E-state index in [9.17, 15) is 13.2 Å². The van der Waals surface area contributed by atoms with Crippen LogP contribution in [0.5, 0.6) is 0 Å². The van der Waals surface area contributed by atoms with Crippen molar-refractivity contribution in [3.05, 3.63) is 28.8 Å². The van der Waals surface area contributed by atoms with Crippen LogP contribution in [-0.4, -0.2) is 20.4 Å². The maximum atomic E-state index is 11.9. The molecule has 0 fully saturated rings. The highest BCUT2D eigenvalue weighted by atomic mass is 35.5. The quantitative estimate of drug-likeness (QED) is 0.817. The summed E-state index contributed by atoms with van der Waals surface area (Å²) in [6, 6.07) is 3.24. The number of nitrogens with one attached hydrogen (secondary N) is 1. The van der Waals surface area contributed by atoms with Gasteiger partial charge in [0.2, 0.25) is 10.0 Å². The largest absolute Gasteiger partial charge is 0.338 e. The second-order valence-corrected chi connectivity index (χ2v) is 5.82. The lowest BCUT2D eigenvalue weighted by molar-refractivity contribution is 0.0945. The molecule has 1 aromatic rings. The van der Waals surface area contributed by atoms with Gasteiger partial charge in [0, 0.05) is 10.6 Å². The highest BCUT2D eigenvalue weighted by molar-refractivity contribution is 7.89. The fourth-order valence-corrected chi connectivity index (χ4v) is 2.24. The Morgan fingerprint density at radius 2 is 2.16 bits per heavy atom. The molecular formula is C12H13ClN2O3S. The van der Waals surface area contributed by atoms with Crippen molar-refractivity contribution in [3.8, 4) is 12.3 Å². The molecule has 19 heavy (non-hydrogen) atoms. The third kappa shape index (κ3) is 4.24. The summed E-state index contributed by atoms with van der Waals surface area (Å²) in [6.45, 7) is 1.82. The Morgan fingerprint density at radius 3 is 2.63 bits per heavy atom. The van der Waals surface area contributed by atoms with Crippen molar-refractivity contribution in [1.29, 1.82) is 0 Å². The molecule has 0 aliphatic rings. The molecule has 0 spiro atoms. The number of sulfonamides is 1. The van der Waals surface area contributed by atoms with Gasteiger partial charge in [0.25, 0.3) is 5.91 Å². The predicted octanol–water partition coefficient (Wildman–Crippen LogP) is 1.13. The van der Waals surface area contributed by atoms with Crippen molar-refractivity contribution in [3.63, 3.8) is 0 Å². The van der Waals surface area contributed by atoms with Gasteiger partial charge in [-0.3, -0.25) is 4.79 Å². The zero-order valence-electron chi connectivity index (χ0n) is 10.2. The summed E-state index contributed by atoms with van der Waals surface area (Å²) in [6.07, 6.45) is 5.79. The van der Waals surface area contributed by atoms with E-state index in [4.69, 9.17) is 23.2 Å². The maximum Gasteiger partial charge on any atom is 0.252 e. The lowest BCUT2D eigenvalue weighted by atomic mass is 10.2. The molecule has 5 nitrogen and oxygen atoms in total. The average molecular weight is 301 g/mol. The van der Waals surface area contributed by atoms with Crippen molar-refractivity contribution in [2.45, 2.75) is 24.3 Å². The van der Waals surface area contributed by atoms with Gasteiger partial charge < -0.3 is 5.32 Å². The van der Waals surface area contributed by atoms with E-state index >= 15 is 0 Å². The van der Waals surface area contributed by atoms with E-state index < -0.39 is 22.0 Å². The number of carbonyl (C=O) groups excluding carboxylic acids is 1. The van der Waals surface area contributed by atoms with Gasteiger partial charge in [-0.15, -0.1) is 6.42 Å². The molecule has 7 heteroatoms. The molecule has 1 unspecified atom stereocenters. The first-order valence-electron chi connectivity index (χ1n) is 5.38. The van der Waals surface area contributed by atoms with E-state index in [1.165, 1.54) is 12.1 Å². The third-order valence-corrected chi connectivity index (χ3v) is 3.49. The zero-order valence-corrected chi connectivity index (χ0v) is 11.8. The van der Waals surface area contributed by atoms with Crippen molar-refractivity contribution in [2.75, 3.05) is 0 Å². The maximum absolute atomic E-state index is 11.9. The van der Waals surface area contributed by atoms with Gasteiger partial charge in [0.05, 0.1) is 10.9 Å². The van der Waals surface area contributed by atoms with Crippen LogP contribution in [0.2, 0.25) is 5.02 Å². The Kier molecular flexibility index (Phi) is 4.95. The molecule has 0 aliphatic carbocycles. The standard InChI is InChI=1S/C12H13ClN2O3S/c1-3-10(4-2)15-12(16)8-5-9(13)7-11(6-8)19(14,17)18/h1,5-7,10H,4H2,2H3,(H,15,16)(H2,14,17,18). The minimum absolute atomic E-state index is 0.0882. The van der Waals surface area contributed by atoms with Gasteiger partial charge in [-0.1, -0.05) is 24.4 Å². The summed E-state index contributed by atoms with van der Waals surface area (Å²) in [5.74, 6) is 1.90. The second kappa shape index (κ2) is 6.06. The molecule has 102 valence electrons. The Morgan fingerprint density at radius 1 is 1.53 bits per heavy atom. The van der Waals surface area contributed by atoms with E-state index in [1.807, 2.05) is 6.92 Å². The minimum Gasteiger partial charge on any atom is -0.338 e. The third-order valence-electron chi connectivity index (χ3n) is 2.38. The lowest BCUT2D eigenvalue weighted by Gasteiger charge is -2.11. The molecule has 0 aliphatic heterocycles. The van der Waals surface area contributed by atoms with Gasteiger partial charge >= 0.3 is 0 Å². The molecule has 1 amide bonds. The molecule has 0 saturated carbocycles. The number of halogens is 1. The number of amides is 1. The first-order chi connectivity index (χ1) is 8.77. The van der Waals surface area contributed by atoms with Crippen LogP contribution in [0.1, 0.15) is 23.7 Å². The number of hydrogen-bond acceptors (Lipinski definition) is 3. The normalized spacial score (nSPS) is 12.5. The number of terminal acetylenes is 1. The van der Waals surface area contributed by atoms with E-state index in [1.54, 1.807) is 0 Å². The first kappa shape index (κ1) is 15.5. The number of hydrogen-bond donors (Lipinski definition) is 2. The second-order valence-electron chi connectivity index (χ2n) is 3.82. The van der Waals surface area contributed by atoms with Gasteiger partial charge in [-0.25, -0.2) is 13.6 Å². The SMILES string of the molecule is C#CC(CC)NC(=O)c1cc(Cl)cc(S(N)(=O)=O)c1. The number of primary sulfonamides is 1. The highest BCUT2D eigenvalue weighted by Crippen LogP contribution is 2.18. The van der Waals surface area contributed by atoms with E-state index in [0.717, 1.165) is 6.07 Å². The molecular weight excluding hydrogens is 288 g/mol. The molecule has 1 aromatic carbocycles. The molecule has 1 atom stereocenters. The molecule has 1 rings (SSSR count). The lowest BCUT2D eigenvalue weighted by Crippen LogP contribution is -2.33. The molecule has 0 heterocycles. The fourth-order valence-electron chi connectivity index (χ4n) is 1.36. The van der Waals surface area contributed by atoms with Crippen LogP contribution >= 0.6 is 11.6 Å². The summed E-state index contributed by atoms with van der Waals surface area (Å²) in [5, 5.41) is 7.67. The Balaban J connectivity index is 3.12. The highest BCUT2D eigenvalue weighted by Gasteiger charge is 2.15. The summed E-state index contributed by atoms with van der Waals surface area (Å²) in [4.78, 5) is 11.7. The fraction of sp³-hybridized carbons (Fsp3) is 0.250. The Hall–Kier alpha value is -1.55. The van der Waals surface area contributed by atoms with Gasteiger partial charge in [0.15, 0.2) is 0 Å². The summed E-state index contributed by atoms with van der Waals surface area (Å²) < 4.78 is 22.5. The molecule has 0 aromatic heterocycles. The van der Waals surface area contributed by atoms with Crippen LogP contribution in [-0.2, 0) is 10.0 Å². The topological polar surface area (TPSA) is 89.3 Å². The summed E-state index contributed by atoms with van der Waals surface area (Å²) in [7, 11) is -3.93. The number of carbonyl (C=O) groups is 1. The van der Waals surface area contributed by atoms with Crippen LogP contribution in [0.25, 0.3) is 0 Å². The van der Waals surface area contributed by atoms with Crippen LogP contribution in [0.4, 0.5) is 0 Å². The van der Waals surface area contributed by atoms with Crippen molar-refractivity contribution in [1.82, 2.24) is 5.32 Å². The summed E-state index contributed by atoms with van der Waals surface area (Å²) in [5.41, 5.74) is 0.0882. The molecule has 3 N–H and O–H groups in total. The monoisotopic (exact) mass is 300 g/mol. The van der Waals surface area contributed by atoms with Crippen molar-refractivity contribution < 1.29 is 13.2 Å². The smallest absolute Gasteiger partial charge is 0.252 e. The Labute approximate surface area is 117 Å². The van der Waals surface area contributed by atoms with Crippen LogP contribution < -0.4 is 10.5 Å². The van der Waals surface area contributed by atoms with Crippen LogP contribution in [0, 0.1) is 12.3 Å².